The molecular formula is C37H58. The van der Waals surface area contributed by atoms with Gasteiger partial charge in [-0.2, -0.15) is 0 Å². The van der Waals surface area contributed by atoms with E-state index in [1.165, 1.54) is 139 Å². The van der Waals surface area contributed by atoms with Crippen molar-refractivity contribution in [2.45, 2.75) is 149 Å². The molecule has 0 amide bonds. The Bertz CT molecular complexity index is 806. The van der Waals surface area contributed by atoms with Gasteiger partial charge < -0.3 is 0 Å². The average Bonchev–Trinajstić information content (AvgIpc) is 2.95. The van der Waals surface area contributed by atoms with Gasteiger partial charge in [0.05, 0.1) is 0 Å². The molecule has 1 atom stereocenters. The summed E-state index contributed by atoms with van der Waals surface area (Å²) in [4.78, 5) is 0. The number of hydrogen-bond acceptors (Lipinski definition) is 0. The Hall–Kier alpha value is -1.56. The van der Waals surface area contributed by atoms with Crippen molar-refractivity contribution in [3.05, 3.63) is 59.7 Å². The van der Waals surface area contributed by atoms with Crippen LogP contribution < -0.4 is 0 Å². The Morgan fingerprint density at radius 3 is 1.70 bits per heavy atom. The van der Waals surface area contributed by atoms with Gasteiger partial charge in [0.25, 0.3) is 0 Å². The third-order valence-electron chi connectivity index (χ3n) is 9.30. The van der Waals surface area contributed by atoms with Gasteiger partial charge in [0.1, 0.15) is 0 Å². The molecule has 0 heterocycles. The number of rotatable bonds is 18. The van der Waals surface area contributed by atoms with Crippen molar-refractivity contribution in [1.82, 2.24) is 0 Å². The molecule has 2 aromatic rings. The summed E-state index contributed by atoms with van der Waals surface area (Å²) in [6, 6.07) is 19.0. The predicted molar refractivity (Wildman–Crippen MR) is 165 cm³/mol. The minimum atomic E-state index is 0.782. The van der Waals surface area contributed by atoms with Crippen LogP contribution in [0.1, 0.15) is 153 Å². The Labute approximate surface area is 231 Å². The first kappa shape index (κ1) is 30.0. The standard InChI is InChI=1S/C37H58/c1-4-7-9-10-11-12-13-14-15-17-32-18-22-34(23-19-32)36-26-28-37(29-27-36)35-24-20-33(21-25-35)30-31(6-3)16-8-5-2/h20-21,24-29,31-32,34H,4-19,22-23,30H2,1-3H3. The lowest BCUT2D eigenvalue weighted by Gasteiger charge is -2.29. The third kappa shape index (κ3) is 11.0. The van der Waals surface area contributed by atoms with Crippen LogP contribution in [0.15, 0.2) is 48.5 Å². The van der Waals surface area contributed by atoms with Crippen LogP contribution in [0.5, 0.6) is 0 Å². The van der Waals surface area contributed by atoms with Gasteiger partial charge in [-0.05, 0) is 72.1 Å². The van der Waals surface area contributed by atoms with Crippen LogP contribution in [0.3, 0.4) is 0 Å². The summed E-state index contributed by atoms with van der Waals surface area (Å²) >= 11 is 0. The molecule has 0 saturated heterocycles. The molecule has 1 unspecified atom stereocenters. The van der Waals surface area contributed by atoms with Gasteiger partial charge in [-0.3, -0.25) is 0 Å². The highest BCUT2D eigenvalue weighted by atomic mass is 14.3. The molecule has 0 aliphatic heterocycles. The lowest BCUT2D eigenvalue weighted by molar-refractivity contribution is 0.302. The van der Waals surface area contributed by atoms with Crippen molar-refractivity contribution < 1.29 is 0 Å². The van der Waals surface area contributed by atoms with E-state index in [0.717, 1.165) is 17.8 Å². The van der Waals surface area contributed by atoms with E-state index in [0.29, 0.717) is 0 Å². The molecule has 0 nitrogen and oxygen atoms in total. The molecule has 0 N–H and O–H groups in total. The second kappa shape index (κ2) is 17.9. The fourth-order valence-electron chi connectivity index (χ4n) is 6.59. The molecule has 0 heteroatoms. The first-order valence-electron chi connectivity index (χ1n) is 16.4. The first-order valence-corrected chi connectivity index (χ1v) is 16.4. The SMILES string of the molecule is CCCCCCCCCCCC1CCC(c2ccc(-c3ccc(CC(CC)CCCC)cc3)cc2)CC1. The second-order valence-electron chi connectivity index (χ2n) is 12.3. The summed E-state index contributed by atoms with van der Waals surface area (Å²) in [5, 5.41) is 0. The molecule has 206 valence electrons. The molecule has 0 bridgehead atoms. The van der Waals surface area contributed by atoms with Gasteiger partial charge in [-0.15, -0.1) is 0 Å². The van der Waals surface area contributed by atoms with E-state index in [-0.39, 0.29) is 0 Å². The van der Waals surface area contributed by atoms with Gasteiger partial charge in [0, 0.05) is 0 Å². The maximum Gasteiger partial charge on any atom is -0.0162 e. The lowest BCUT2D eigenvalue weighted by atomic mass is 9.77. The quantitative estimate of drug-likeness (QED) is 0.178. The fraction of sp³-hybridized carbons (Fsp3) is 0.676. The van der Waals surface area contributed by atoms with Crippen LogP contribution >= 0.6 is 0 Å². The highest BCUT2D eigenvalue weighted by molar-refractivity contribution is 5.64. The smallest absolute Gasteiger partial charge is 0.0162 e. The Kier molecular flexibility index (Phi) is 14.5. The lowest BCUT2D eigenvalue weighted by Crippen LogP contribution is -2.13. The van der Waals surface area contributed by atoms with Gasteiger partial charge in [0.15, 0.2) is 0 Å². The highest BCUT2D eigenvalue weighted by Crippen LogP contribution is 2.38. The molecule has 1 fully saturated rings. The Balaban J connectivity index is 1.35. The summed E-state index contributed by atoms with van der Waals surface area (Å²) in [5.74, 6) is 2.61. The monoisotopic (exact) mass is 502 g/mol. The molecule has 1 saturated carbocycles. The van der Waals surface area contributed by atoms with Gasteiger partial charge in [0.2, 0.25) is 0 Å². The second-order valence-corrected chi connectivity index (χ2v) is 12.3. The maximum absolute atomic E-state index is 2.42. The van der Waals surface area contributed by atoms with E-state index in [9.17, 15) is 0 Å². The minimum Gasteiger partial charge on any atom is -0.0654 e. The molecule has 1 aliphatic carbocycles. The average molecular weight is 503 g/mol. The van der Waals surface area contributed by atoms with Crippen LogP contribution in [-0.2, 0) is 6.42 Å². The fourth-order valence-corrected chi connectivity index (χ4v) is 6.59. The zero-order valence-corrected chi connectivity index (χ0v) is 24.8. The first-order chi connectivity index (χ1) is 18.2. The molecular weight excluding hydrogens is 444 g/mol. The largest absolute Gasteiger partial charge is 0.0654 e. The third-order valence-corrected chi connectivity index (χ3v) is 9.30. The molecule has 1 aliphatic rings. The predicted octanol–water partition coefficient (Wildman–Crippen LogP) is 12.3. The van der Waals surface area contributed by atoms with E-state index in [2.05, 4.69) is 69.3 Å². The van der Waals surface area contributed by atoms with Crippen molar-refractivity contribution in [3.8, 4) is 11.1 Å². The zero-order valence-electron chi connectivity index (χ0n) is 24.8. The van der Waals surface area contributed by atoms with Gasteiger partial charge in [-0.25, -0.2) is 0 Å². The highest BCUT2D eigenvalue weighted by Gasteiger charge is 2.22. The van der Waals surface area contributed by atoms with Crippen LogP contribution in [-0.4, -0.2) is 0 Å². The van der Waals surface area contributed by atoms with Gasteiger partial charge in [-0.1, -0.05) is 159 Å². The summed E-state index contributed by atoms with van der Waals surface area (Å²) in [6.45, 7) is 6.96. The molecule has 37 heavy (non-hydrogen) atoms. The Morgan fingerprint density at radius 2 is 1.14 bits per heavy atom. The zero-order chi connectivity index (χ0) is 26.1. The summed E-state index contributed by atoms with van der Waals surface area (Å²) in [6.07, 6.45) is 26.8. The molecule has 3 rings (SSSR count). The van der Waals surface area contributed by atoms with Crippen molar-refractivity contribution in [2.75, 3.05) is 0 Å². The van der Waals surface area contributed by atoms with E-state index < -0.39 is 0 Å². The minimum absolute atomic E-state index is 0.782. The summed E-state index contributed by atoms with van der Waals surface area (Å²) < 4.78 is 0. The molecule has 0 radical (unpaired) electrons. The molecule has 2 aromatic carbocycles. The summed E-state index contributed by atoms with van der Waals surface area (Å²) in [7, 11) is 0. The molecule has 0 aromatic heterocycles. The normalized spacial score (nSPS) is 18.7. The maximum atomic E-state index is 2.42. The number of benzene rings is 2. The number of hydrogen-bond donors (Lipinski definition) is 0. The topological polar surface area (TPSA) is 0 Å². The van der Waals surface area contributed by atoms with E-state index in [4.69, 9.17) is 0 Å². The van der Waals surface area contributed by atoms with Crippen molar-refractivity contribution in [1.29, 1.82) is 0 Å². The van der Waals surface area contributed by atoms with Crippen LogP contribution in [0.25, 0.3) is 11.1 Å². The van der Waals surface area contributed by atoms with Crippen molar-refractivity contribution in [3.63, 3.8) is 0 Å². The van der Waals surface area contributed by atoms with Gasteiger partial charge >= 0.3 is 0 Å². The van der Waals surface area contributed by atoms with Crippen molar-refractivity contribution in [2.24, 2.45) is 11.8 Å². The van der Waals surface area contributed by atoms with Crippen LogP contribution in [0, 0.1) is 11.8 Å². The Morgan fingerprint density at radius 1 is 0.595 bits per heavy atom. The van der Waals surface area contributed by atoms with Crippen LogP contribution in [0.4, 0.5) is 0 Å². The van der Waals surface area contributed by atoms with E-state index >= 15 is 0 Å². The van der Waals surface area contributed by atoms with Crippen molar-refractivity contribution >= 4 is 0 Å². The molecule has 0 spiro atoms. The number of unbranched alkanes of at least 4 members (excludes halogenated alkanes) is 9. The van der Waals surface area contributed by atoms with E-state index in [1.54, 1.807) is 5.56 Å². The van der Waals surface area contributed by atoms with Crippen LogP contribution in [0.2, 0.25) is 0 Å². The van der Waals surface area contributed by atoms with E-state index in [1.807, 2.05) is 0 Å². The summed E-state index contributed by atoms with van der Waals surface area (Å²) in [5.41, 5.74) is 5.81.